The van der Waals surface area contributed by atoms with Gasteiger partial charge in [-0.2, -0.15) is 0 Å². The summed E-state index contributed by atoms with van der Waals surface area (Å²) in [6.45, 7) is 2.22. The number of halogens is 1. The smallest absolute Gasteiger partial charge is 0.283 e. The fourth-order valence-corrected chi connectivity index (χ4v) is 3.58. The number of nitrogens with two attached hydrogens (primary N) is 1. The molecule has 0 spiro atoms. The maximum absolute atomic E-state index is 12.2. The van der Waals surface area contributed by atoms with Crippen LogP contribution in [0.4, 0.5) is 5.69 Å². The van der Waals surface area contributed by atoms with Crippen LogP contribution in [-0.4, -0.2) is 23.4 Å². The van der Waals surface area contributed by atoms with E-state index in [4.69, 9.17) is 5.73 Å². The molecule has 1 fully saturated rings. The lowest BCUT2D eigenvalue weighted by Crippen LogP contribution is -2.44. The number of nitro groups is 1. The Kier molecular flexibility index (Phi) is 6.57. The van der Waals surface area contributed by atoms with Crippen molar-refractivity contribution in [3.05, 3.63) is 25.9 Å². The second-order valence-corrected chi connectivity index (χ2v) is 6.43. The summed E-state index contributed by atoms with van der Waals surface area (Å²) in [6, 6.07) is 1.44. The number of amides is 1. The van der Waals surface area contributed by atoms with Crippen LogP contribution in [0.2, 0.25) is 0 Å². The van der Waals surface area contributed by atoms with Crippen molar-refractivity contribution >= 4 is 35.3 Å². The van der Waals surface area contributed by atoms with E-state index in [0.29, 0.717) is 22.2 Å². The minimum atomic E-state index is -0.452. The summed E-state index contributed by atoms with van der Waals surface area (Å²) in [4.78, 5) is 23.5. The average molecular weight is 334 g/mol. The highest BCUT2D eigenvalue weighted by atomic mass is 35.5. The standard InChI is InChI=1S/C13H19N3O3S.ClH/c1-8-11(16(18)19)6-12(20-8)13(17)15-10-5-3-2-4-9(10)7-14;/h6,9-10H,2-5,7,14H2,1H3,(H,15,17);1H. The van der Waals surface area contributed by atoms with Crippen molar-refractivity contribution in [2.75, 3.05) is 6.54 Å². The number of hydrogen-bond donors (Lipinski definition) is 2. The van der Waals surface area contributed by atoms with Crippen LogP contribution in [0.15, 0.2) is 6.07 Å². The summed E-state index contributed by atoms with van der Waals surface area (Å²) < 4.78 is 0. The first-order chi connectivity index (χ1) is 9.52. The molecule has 0 aliphatic heterocycles. The van der Waals surface area contributed by atoms with Gasteiger partial charge in [0.05, 0.1) is 14.7 Å². The Labute approximate surface area is 133 Å². The summed E-state index contributed by atoms with van der Waals surface area (Å²) in [5.41, 5.74) is 5.75. The molecule has 6 nitrogen and oxygen atoms in total. The van der Waals surface area contributed by atoms with Crippen molar-refractivity contribution < 1.29 is 9.72 Å². The quantitative estimate of drug-likeness (QED) is 0.653. The van der Waals surface area contributed by atoms with Gasteiger partial charge in [0.1, 0.15) is 0 Å². The molecule has 0 bridgehead atoms. The van der Waals surface area contributed by atoms with Crippen LogP contribution < -0.4 is 11.1 Å². The zero-order valence-electron chi connectivity index (χ0n) is 11.8. The van der Waals surface area contributed by atoms with Gasteiger partial charge in [-0.15, -0.1) is 23.7 Å². The monoisotopic (exact) mass is 333 g/mol. The fraction of sp³-hybridized carbons (Fsp3) is 0.615. The Balaban J connectivity index is 0.00000220. The highest BCUT2D eigenvalue weighted by molar-refractivity contribution is 7.14. The fourth-order valence-electron chi connectivity index (χ4n) is 2.68. The molecule has 1 amide bonds. The van der Waals surface area contributed by atoms with Crippen LogP contribution in [-0.2, 0) is 0 Å². The molecule has 118 valence electrons. The lowest BCUT2D eigenvalue weighted by atomic mass is 9.84. The molecule has 1 aliphatic carbocycles. The number of nitrogens with zero attached hydrogens (tertiary/aromatic N) is 1. The van der Waals surface area contributed by atoms with Crippen LogP contribution in [0.5, 0.6) is 0 Å². The summed E-state index contributed by atoms with van der Waals surface area (Å²) in [7, 11) is 0. The summed E-state index contributed by atoms with van der Waals surface area (Å²) >= 11 is 1.16. The van der Waals surface area contributed by atoms with Crippen LogP contribution in [0.1, 0.15) is 40.2 Å². The molecule has 2 rings (SSSR count). The van der Waals surface area contributed by atoms with Crippen molar-refractivity contribution in [3.63, 3.8) is 0 Å². The van der Waals surface area contributed by atoms with Crippen LogP contribution in [0, 0.1) is 23.0 Å². The van der Waals surface area contributed by atoms with Gasteiger partial charge >= 0.3 is 0 Å². The summed E-state index contributed by atoms with van der Waals surface area (Å²) in [6.07, 6.45) is 4.20. The van der Waals surface area contributed by atoms with Crippen molar-refractivity contribution in [1.29, 1.82) is 0 Å². The minimum Gasteiger partial charge on any atom is -0.348 e. The number of carbonyl (C=O) groups is 1. The first kappa shape index (κ1) is 17.9. The number of nitrogens with one attached hydrogen (secondary N) is 1. The minimum absolute atomic E-state index is 0. The van der Waals surface area contributed by atoms with Crippen LogP contribution in [0.25, 0.3) is 0 Å². The maximum Gasteiger partial charge on any atom is 0.283 e. The van der Waals surface area contributed by atoms with Crippen molar-refractivity contribution in [1.82, 2.24) is 5.32 Å². The summed E-state index contributed by atoms with van der Waals surface area (Å²) in [5.74, 6) is 0.0836. The predicted octanol–water partition coefficient (Wildman–Crippen LogP) is 2.63. The number of hydrogen-bond acceptors (Lipinski definition) is 5. The second kappa shape index (κ2) is 7.72. The Morgan fingerprint density at radius 2 is 2.19 bits per heavy atom. The second-order valence-electron chi connectivity index (χ2n) is 5.17. The van der Waals surface area contributed by atoms with E-state index in [1.165, 1.54) is 6.07 Å². The van der Waals surface area contributed by atoms with Gasteiger partial charge in [0, 0.05) is 12.1 Å². The third kappa shape index (κ3) is 4.15. The number of rotatable bonds is 4. The molecule has 1 aromatic rings. The van der Waals surface area contributed by atoms with Crippen molar-refractivity contribution in [2.45, 2.75) is 38.6 Å². The van der Waals surface area contributed by atoms with Gasteiger partial charge in [-0.05, 0) is 32.2 Å². The van der Waals surface area contributed by atoms with E-state index < -0.39 is 4.92 Å². The van der Waals surface area contributed by atoms with Gasteiger partial charge in [-0.3, -0.25) is 14.9 Å². The zero-order valence-corrected chi connectivity index (χ0v) is 13.5. The van der Waals surface area contributed by atoms with E-state index in [1.807, 2.05) is 0 Å². The number of carbonyl (C=O) groups excluding carboxylic acids is 1. The first-order valence-corrected chi connectivity index (χ1v) is 7.60. The largest absolute Gasteiger partial charge is 0.348 e. The van der Waals surface area contributed by atoms with Gasteiger partial charge < -0.3 is 11.1 Å². The highest BCUT2D eigenvalue weighted by Gasteiger charge is 2.27. The van der Waals surface area contributed by atoms with Gasteiger partial charge in [0.25, 0.3) is 11.6 Å². The third-order valence-corrected chi connectivity index (χ3v) is 4.88. The topological polar surface area (TPSA) is 98.3 Å². The molecular formula is C13H20ClN3O3S. The van der Waals surface area contributed by atoms with E-state index in [-0.39, 0.29) is 30.0 Å². The SMILES string of the molecule is Cc1sc(C(=O)NC2CCCCC2CN)cc1[N+](=O)[O-].Cl. The van der Waals surface area contributed by atoms with Gasteiger partial charge in [0.2, 0.25) is 0 Å². The molecule has 0 radical (unpaired) electrons. The van der Waals surface area contributed by atoms with E-state index in [1.54, 1.807) is 6.92 Å². The number of thiophene rings is 1. The molecule has 0 aromatic carbocycles. The molecule has 1 aliphatic rings. The molecule has 8 heteroatoms. The maximum atomic E-state index is 12.2. The molecule has 21 heavy (non-hydrogen) atoms. The molecule has 0 saturated heterocycles. The van der Waals surface area contributed by atoms with E-state index in [0.717, 1.165) is 37.0 Å². The number of aryl methyl sites for hydroxylation is 1. The van der Waals surface area contributed by atoms with Crippen molar-refractivity contribution in [3.8, 4) is 0 Å². The predicted molar refractivity (Wildman–Crippen MR) is 85.2 cm³/mol. The van der Waals surface area contributed by atoms with Crippen LogP contribution >= 0.6 is 23.7 Å². The highest BCUT2D eigenvalue weighted by Crippen LogP contribution is 2.29. The zero-order chi connectivity index (χ0) is 14.7. The average Bonchev–Trinajstić information content (AvgIpc) is 2.81. The molecular weight excluding hydrogens is 314 g/mol. The molecule has 2 atom stereocenters. The summed E-state index contributed by atoms with van der Waals surface area (Å²) in [5, 5.41) is 13.8. The molecule has 1 saturated carbocycles. The van der Waals surface area contributed by atoms with Gasteiger partial charge in [0.15, 0.2) is 0 Å². The molecule has 3 N–H and O–H groups in total. The van der Waals surface area contributed by atoms with Gasteiger partial charge in [-0.1, -0.05) is 12.8 Å². The Morgan fingerprint density at radius 1 is 1.52 bits per heavy atom. The molecule has 2 unspecified atom stereocenters. The van der Waals surface area contributed by atoms with Crippen LogP contribution in [0.3, 0.4) is 0 Å². The Bertz CT molecular complexity index is 521. The van der Waals surface area contributed by atoms with Crippen molar-refractivity contribution in [2.24, 2.45) is 11.7 Å². The van der Waals surface area contributed by atoms with Gasteiger partial charge in [-0.25, -0.2) is 0 Å². The third-order valence-electron chi connectivity index (χ3n) is 3.84. The lowest BCUT2D eigenvalue weighted by molar-refractivity contribution is -0.385. The van der Waals surface area contributed by atoms with E-state index >= 15 is 0 Å². The Hall–Kier alpha value is -1.18. The van der Waals surface area contributed by atoms with E-state index in [2.05, 4.69) is 5.32 Å². The molecule has 1 heterocycles. The van der Waals surface area contributed by atoms with E-state index in [9.17, 15) is 14.9 Å². The Morgan fingerprint density at radius 3 is 2.76 bits per heavy atom. The normalized spacial score (nSPS) is 21.4. The lowest BCUT2D eigenvalue weighted by Gasteiger charge is -2.31. The first-order valence-electron chi connectivity index (χ1n) is 6.78. The molecule has 1 aromatic heterocycles.